The van der Waals surface area contributed by atoms with Gasteiger partial charge in [0.15, 0.2) is 0 Å². The zero-order valence-corrected chi connectivity index (χ0v) is 12.7. The minimum absolute atomic E-state index is 0.448. The highest BCUT2D eigenvalue weighted by molar-refractivity contribution is 5.21. The Morgan fingerprint density at radius 1 is 1.26 bits per heavy atom. The molecule has 1 aliphatic rings. The second-order valence-corrected chi connectivity index (χ2v) is 6.73. The first-order valence-corrected chi connectivity index (χ1v) is 7.49. The van der Waals surface area contributed by atoms with E-state index in [1.807, 2.05) is 0 Å². The second kappa shape index (κ2) is 6.06. The average molecular weight is 260 g/mol. The van der Waals surface area contributed by atoms with Crippen LogP contribution >= 0.6 is 0 Å². The van der Waals surface area contributed by atoms with Crippen LogP contribution in [0.15, 0.2) is 24.3 Å². The molecule has 2 heteroatoms. The Labute approximate surface area is 118 Å². The standard InChI is InChI=1S/C17H28N2/c1-14-4-6-15(7-5-14)12-19-11-9-17(2,3)16(13-19)8-10-18/h4-7,16H,8-13,18H2,1-3H3. The van der Waals surface area contributed by atoms with Gasteiger partial charge >= 0.3 is 0 Å². The smallest absolute Gasteiger partial charge is 0.0233 e. The first-order chi connectivity index (χ1) is 9.01. The SMILES string of the molecule is Cc1ccc(CN2CCC(C)(C)C(CCN)C2)cc1. The van der Waals surface area contributed by atoms with Gasteiger partial charge in [0, 0.05) is 13.1 Å². The van der Waals surface area contributed by atoms with Crippen molar-refractivity contribution in [3.05, 3.63) is 35.4 Å². The zero-order chi connectivity index (χ0) is 13.9. The Morgan fingerprint density at radius 2 is 1.95 bits per heavy atom. The van der Waals surface area contributed by atoms with Crippen LogP contribution in [-0.2, 0) is 6.54 Å². The predicted molar refractivity (Wildman–Crippen MR) is 82.0 cm³/mol. The van der Waals surface area contributed by atoms with Crippen LogP contribution in [0, 0.1) is 18.3 Å². The maximum absolute atomic E-state index is 5.78. The van der Waals surface area contributed by atoms with Crippen LogP contribution in [0.3, 0.4) is 0 Å². The fourth-order valence-corrected chi connectivity index (χ4v) is 3.08. The molecule has 0 saturated carbocycles. The number of nitrogens with zero attached hydrogens (tertiary/aromatic N) is 1. The molecule has 2 nitrogen and oxygen atoms in total. The van der Waals surface area contributed by atoms with Crippen LogP contribution in [-0.4, -0.2) is 24.5 Å². The molecule has 1 fully saturated rings. The molecule has 2 rings (SSSR count). The number of benzene rings is 1. The van der Waals surface area contributed by atoms with E-state index in [-0.39, 0.29) is 0 Å². The molecule has 1 atom stereocenters. The quantitative estimate of drug-likeness (QED) is 0.901. The van der Waals surface area contributed by atoms with E-state index in [0.717, 1.165) is 25.4 Å². The average Bonchev–Trinajstić information content (AvgIpc) is 2.37. The van der Waals surface area contributed by atoms with Crippen LogP contribution < -0.4 is 5.73 Å². The van der Waals surface area contributed by atoms with Crippen molar-refractivity contribution in [2.24, 2.45) is 17.1 Å². The molecule has 106 valence electrons. The fourth-order valence-electron chi connectivity index (χ4n) is 3.08. The summed E-state index contributed by atoms with van der Waals surface area (Å²) in [6.45, 7) is 11.2. The van der Waals surface area contributed by atoms with Gasteiger partial charge in [0.05, 0.1) is 0 Å². The summed E-state index contributed by atoms with van der Waals surface area (Å²) in [5.41, 5.74) is 8.99. The third-order valence-electron chi connectivity index (χ3n) is 4.70. The van der Waals surface area contributed by atoms with E-state index in [4.69, 9.17) is 5.73 Å². The van der Waals surface area contributed by atoms with Gasteiger partial charge in [-0.2, -0.15) is 0 Å². The first kappa shape index (κ1) is 14.5. The summed E-state index contributed by atoms with van der Waals surface area (Å²) in [6, 6.07) is 8.93. The molecular weight excluding hydrogens is 232 g/mol. The number of piperidine rings is 1. The highest BCUT2D eigenvalue weighted by Gasteiger charge is 2.34. The van der Waals surface area contributed by atoms with Crippen molar-refractivity contribution in [2.75, 3.05) is 19.6 Å². The van der Waals surface area contributed by atoms with Crippen molar-refractivity contribution in [1.29, 1.82) is 0 Å². The van der Waals surface area contributed by atoms with E-state index >= 15 is 0 Å². The molecule has 0 aliphatic carbocycles. The topological polar surface area (TPSA) is 29.3 Å². The van der Waals surface area contributed by atoms with Gasteiger partial charge < -0.3 is 5.73 Å². The molecule has 0 amide bonds. The lowest BCUT2D eigenvalue weighted by Crippen LogP contribution is -2.45. The lowest BCUT2D eigenvalue weighted by Gasteiger charge is -2.44. The van der Waals surface area contributed by atoms with Gasteiger partial charge in [0.25, 0.3) is 0 Å². The van der Waals surface area contributed by atoms with Crippen LogP contribution in [0.2, 0.25) is 0 Å². The maximum Gasteiger partial charge on any atom is 0.0233 e. The molecular formula is C17H28N2. The van der Waals surface area contributed by atoms with Crippen LogP contribution in [0.1, 0.15) is 37.8 Å². The summed E-state index contributed by atoms with van der Waals surface area (Å²) < 4.78 is 0. The van der Waals surface area contributed by atoms with Crippen molar-refractivity contribution >= 4 is 0 Å². The van der Waals surface area contributed by atoms with Crippen molar-refractivity contribution < 1.29 is 0 Å². The summed E-state index contributed by atoms with van der Waals surface area (Å²) in [6.07, 6.45) is 2.43. The normalized spacial score (nSPS) is 23.5. The highest BCUT2D eigenvalue weighted by Crippen LogP contribution is 2.37. The Hall–Kier alpha value is -0.860. The second-order valence-electron chi connectivity index (χ2n) is 6.73. The van der Waals surface area contributed by atoms with E-state index in [1.165, 1.54) is 30.6 Å². The third-order valence-corrected chi connectivity index (χ3v) is 4.70. The summed E-state index contributed by atoms with van der Waals surface area (Å²) in [5.74, 6) is 0.733. The van der Waals surface area contributed by atoms with Gasteiger partial charge in [0.2, 0.25) is 0 Å². The Morgan fingerprint density at radius 3 is 2.58 bits per heavy atom. The van der Waals surface area contributed by atoms with Gasteiger partial charge in [-0.3, -0.25) is 4.90 Å². The van der Waals surface area contributed by atoms with Gasteiger partial charge in [-0.15, -0.1) is 0 Å². The first-order valence-electron chi connectivity index (χ1n) is 7.49. The molecule has 1 aromatic carbocycles. The van der Waals surface area contributed by atoms with Crippen molar-refractivity contribution in [3.63, 3.8) is 0 Å². The molecule has 0 aromatic heterocycles. The van der Waals surface area contributed by atoms with E-state index in [2.05, 4.69) is 49.9 Å². The van der Waals surface area contributed by atoms with Crippen molar-refractivity contribution in [1.82, 2.24) is 4.90 Å². The summed E-state index contributed by atoms with van der Waals surface area (Å²) >= 11 is 0. The van der Waals surface area contributed by atoms with Crippen molar-refractivity contribution in [3.8, 4) is 0 Å². The molecule has 1 aliphatic heterocycles. The Balaban J connectivity index is 1.97. The number of nitrogens with two attached hydrogens (primary N) is 1. The van der Waals surface area contributed by atoms with Crippen LogP contribution in [0.4, 0.5) is 0 Å². The number of rotatable bonds is 4. The molecule has 19 heavy (non-hydrogen) atoms. The van der Waals surface area contributed by atoms with E-state index in [9.17, 15) is 0 Å². The van der Waals surface area contributed by atoms with Crippen LogP contribution in [0.5, 0.6) is 0 Å². The fraction of sp³-hybridized carbons (Fsp3) is 0.647. The minimum atomic E-state index is 0.448. The van der Waals surface area contributed by atoms with Gasteiger partial charge in [-0.1, -0.05) is 43.7 Å². The zero-order valence-electron chi connectivity index (χ0n) is 12.7. The molecule has 0 spiro atoms. The van der Waals surface area contributed by atoms with Gasteiger partial charge in [0.1, 0.15) is 0 Å². The predicted octanol–water partition coefficient (Wildman–Crippen LogP) is 3.19. The third kappa shape index (κ3) is 3.80. The molecule has 0 bridgehead atoms. The molecule has 1 aromatic rings. The Kier molecular flexibility index (Phi) is 4.64. The number of aryl methyl sites for hydroxylation is 1. The van der Waals surface area contributed by atoms with Gasteiger partial charge in [-0.05, 0) is 49.8 Å². The number of hydrogen-bond donors (Lipinski definition) is 1. The molecule has 1 heterocycles. The lowest BCUT2D eigenvalue weighted by molar-refractivity contribution is 0.0519. The maximum atomic E-state index is 5.78. The van der Waals surface area contributed by atoms with E-state index in [1.54, 1.807) is 0 Å². The summed E-state index contributed by atoms with van der Waals surface area (Å²) in [7, 11) is 0. The lowest BCUT2D eigenvalue weighted by atomic mass is 9.72. The summed E-state index contributed by atoms with van der Waals surface area (Å²) in [4.78, 5) is 2.59. The largest absolute Gasteiger partial charge is 0.330 e. The van der Waals surface area contributed by atoms with Crippen LogP contribution in [0.25, 0.3) is 0 Å². The molecule has 1 saturated heterocycles. The monoisotopic (exact) mass is 260 g/mol. The molecule has 1 unspecified atom stereocenters. The van der Waals surface area contributed by atoms with Crippen molar-refractivity contribution in [2.45, 2.75) is 40.2 Å². The molecule has 0 radical (unpaired) electrons. The van der Waals surface area contributed by atoms with E-state index < -0.39 is 0 Å². The highest BCUT2D eigenvalue weighted by atomic mass is 15.1. The Bertz CT molecular complexity index is 394. The molecule has 2 N–H and O–H groups in total. The minimum Gasteiger partial charge on any atom is -0.330 e. The van der Waals surface area contributed by atoms with E-state index in [0.29, 0.717) is 5.41 Å². The van der Waals surface area contributed by atoms with Gasteiger partial charge in [-0.25, -0.2) is 0 Å². The number of likely N-dealkylation sites (tertiary alicyclic amines) is 1. The summed E-state index contributed by atoms with van der Waals surface area (Å²) in [5, 5.41) is 0. The number of hydrogen-bond acceptors (Lipinski definition) is 2.